The monoisotopic (exact) mass is 324 g/mol. The highest BCUT2D eigenvalue weighted by Crippen LogP contribution is 2.19. The van der Waals surface area contributed by atoms with Crippen molar-refractivity contribution in [2.24, 2.45) is 0 Å². The van der Waals surface area contributed by atoms with Crippen LogP contribution in [0, 0.1) is 17.0 Å². The molecule has 0 fully saturated rings. The molecule has 120 valence electrons. The summed E-state index contributed by atoms with van der Waals surface area (Å²) in [6.45, 7) is 1.83. The number of carbonyl (C=O) groups is 1. The summed E-state index contributed by atoms with van der Waals surface area (Å²) < 4.78 is 1.50. The van der Waals surface area contributed by atoms with E-state index < -0.39 is 4.92 Å². The van der Waals surface area contributed by atoms with Gasteiger partial charge in [-0.15, -0.1) is 5.10 Å². The molecule has 2 aromatic carbocycles. The molecule has 3 aromatic rings. The Bertz CT molecular complexity index is 907. The molecular formula is C15H12N6O3. The summed E-state index contributed by atoms with van der Waals surface area (Å²) >= 11 is 0. The topological polar surface area (TPSA) is 116 Å². The highest BCUT2D eigenvalue weighted by molar-refractivity contribution is 6.04. The molecule has 0 aliphatic heterocycles. The number of carbonyl (C=O) groups excluding carboxylic acids is 1. The van der Waals surface area contributed by atoms with E-state index in [1.54, 1.807) is 24.3 Å². The SMILES string of the molecule is Cc1cc(C(=O)Nc2cccc([N+](=O)[O-])c2)ccc1-n1cnnn1. The van der Waals surface area contributed by atoms with E-state index in [2.05, 4.69) is 20.8 Å². The number of hydrogen-bond acceptors (Lipinski definition) is 6. The Balaban J connectivity index is 1.82. The summed E-state index contributed by atoms with van der Waals surface area (Å²) in [5.74, 6) is -0.359. The molecule has 0 atom stereocenters. The summed E-state index contributed by atoms with van der Waals surface area (Å²) in [6.07, 6.45) is 1.46. The number of nitrogens with zero attached hydrogens (tertiary/aromatic N) is 5. The molecule has 0 radical (unpaired) electrons. The zero-order chi connectivity index (χ0) is 17.1. The molecule has 0 aliphatic rings. The Morgan fingerprint density at radius 3 is 2.75 bits per heavy atom. The molecule has 0 saturated carbocycles. The second-order valence-electron chi connectivity index (χ2n) is 5.02. The maximum atomic E-state index is 12.3. The van der Waals surface area contributed by atoms with E-state index in [4.69, 9.17) is 0 Å². The van der Waals surface area contributed by atoms with Gasteiger partial charge in [-0.05, 0) is 47.2 Å². The summed E-state index contributed by atoms with van der Waals surface area (Å²) in [7, 11) is 0. The Kier molecular flexibility index (Phi) is 3.98. The van der Waals surface area contributed by atoms with Crippen LogP contribution in [0.4, 0.5) is 11.4 Å². The highest BCUT2D eigenvalue weighted by atomic mass is 16.6. The minimum Gasteiger partial charge on any atom is -0.322 e. The number of rotatable bonds is 4. The summed E-state index contributed by atoms with van der Waals surface area (Å²) in [6, 6.07) is 10.8. The number of anilines is 1. The predicted octanol–water partition coefficient (Wildman–Crippen LogP) is 2.13. The normalized spacial score (nSPS) is 10.4. The molecule has 9 heteroatoms. The first-order chi connectivity index (χ1) is 11.5. The minimum absolute atomic E-state index is 0.0852. The van der Waals surface area contributed by atoms with Gasteiger partial charge in [0.15, 0.2) is 0 Å². The predicted molar refractivity (Wildman–Crippen MR) is 84.9 cm³/mol. The molecule has 1 heterocycles. The summed E-state index contributed by atoms with van der Waals surface area (Å²) in [5, 5.41) is 24.4. The van der Waals surface area contributed by atoms with Crippen LogP contribution in [-0.2, 0) is 0 Å². The van der Waals surface area contributed by atoms with Crippen LogP contribution >= 0.6 is 0 Å². The van der Waals surface area contributed by atoms with Crippen LogP contribution in [0.3, 0.4) is 0 Å². The third-order valence-corrected chi connectivity index (χ3v) is 3.37. The first-order valence-corrected chi connectivity index (χ1v) is 6.94. The van der Waals surface area contributed by atoms with Crippen LogP contribution < -0.4 is 5.32 Å². The zero-order valence-corrected chi connectivity index (χ0v) is 12.6. The number of nitrogens with one attached hydrogen (secondary N) is 1. The lowest BCUT2D eigenvalue weighted by Crippen LogP contribution is -2.12. The average Bonchev–Trinajstić information content (AvgIpc) is 3.09. The zero-order valence-electron chi connectivity index (χ0n) is 12.6. The number of hydrogen-bond donors (Lipinski definition) is 1. The Morgan fingerprint density at radius 1 is 1.25 bits per heavy atom. The van der Waals surface area contributed by atoms with E-state index in [0.717, 1.165) is 11.3 Å². The van der Waals surface area contributed by atoms with Gasteiger partial charge in [0.2, 0.25) is 0 Å². The van der Waals surface area contributed by atoms with Crippen molar-refractivity contribution in [1.29, 1.82) is 0 Å². The van der Waals surface area contributed by atoms with Gasteiger partial charge in [0, 0.05) is 23.4 Å². The van der Waals surface area contributed by atoms with Crippen molar-refractivity contribution < 1.29 is 9.72 Å². The van der Waals surface area contributed by atoms with E-state index in [1.807, 2.05) is 6.92 Å². The van der Waals surface area contributed by atoms with Crippen molar-refractivity contribution in [1.82, 2.24) is 20.2 Å². The van der Waals surface area contributed by atoms with Gasteiger partial charge in [0.25, 0.3) is 11.6 Å². The maximum Gasteiger partial charge on any atom is 0.271 e. The Morgan fingerprint density at radius 2 is 2.08 bits per heavy atom. The third kappa shape index (κ3) is 3.09. The number of non-ortho nitro benzene ring substituents is 1. The largest absolute Gasteiger partial charge is 0.322 e. The van der Waals surface area contributed by atoms with Gasteiger partial charge in [-0.1, -0.05) is 6.07 Å². The van der Waals surface area contributed by atoms with Gasteiger partial charge in [0.1, 0.15) is 6.33 Å². The molecule has 0 unspecified atom stereocenters. The van der Waals surface area contributed by atoms with E-state index in [-0.39, 0.29) is 11.6 Å². The van der Waals surface area contributed by atoms with Crippen LogP contribution in [0.1, 0.15) is 15.9 Å². The van der Waals surface area contributed by atoms with Crippen molar-refractivity contribution in [2.75, 3.05) is 5.32 Å². The van der Waals surface area contributed by atoms with Gasteiger partial charge in [0.05, 0.1) is 10.6 Å². The molecule has 24 heavy (non-hydrogen) atoms. The molecule has 9 nitrogen and oxygen atoms in total. The molecule has 0 bridgehead atoms. The van der Waals surface area contributed by atoms with Crippen LogP contribution in [0.2, 0.25) is 0 Å². The number of amides is 1. The maximum absolute atomic E-state index is 12.3. The second kappa shape index (κ2) is 6.24. The van der Waals surface area contributed by atoms with Crippen LogP contribution in [-0.4, -0.2) is 31.0 Å². The molecule has 1 N–H and O–H groups in total. The number of tetrazole rings is 1. The van der Waals surface area contributed by atoms with Crippen molar-refractivity contribution in [3.63, 3.8) is 0 Å². The molecular weight excluding hydrogens is 312 g/mol. The number of aromatic nitrogens is 4. The van der Waals surface area contributed by atoms with Crippen LogP contribution in [0.15, 0.2) is 48.8 Å². The van der Waals surface area contributed by atoms with Gasteiger partial charge in [-0.3, -0.25) is 14.9 Å². The lowest BCUT2D eigenvalue weighted by molar-refractivity contribution is -0.384. The highest BCUT2D eigenvalue weighted by Gasteiger charge is 2.12. The van der Waals surface area contributed by atoms with Gasteiger partial charge in [-0.25, -0.2) is 4.68 Å². The fraction of sp³-hybridized carbons (Fsp3) is 0.0667. The van der Waals surface area contributed by atoms with Crippen molar-refractivity contribution in [3.05, 3.63) is 70.0 Å². The Labute approximate surface area is 136 Å². The fourth-order valence-electron chi connectivity index (χ4n) is 2.23. The summed E-state index contributed by atoms with van der Waals surface area (Å²) in [5.41, 5.74) is 2.27. The second-order valence-corrected chi connectivity index (χ2v) is 5.02. The third-order valence-electron chi connectivity index (χ3n) is 3.37. The molecule has 1 amide bonds. The van der Waals surface area contributed by atoms with Crippen LogP contribution in [0.25, 0.3) is 5.69 Å². The number of aryl methyl sites for hydroxylation is 1. The Hall–Kier alpha value is -3.62. The van der Waals surface area contributed by atoms with Gasteiger partial charge < -0.3 is 5.32 Å². The van der Waals surface area contributed by atoms with E-state index in [1.165, 1.54) is 29.2 Å². The molecule has 3 rings (SSSR count). The van der Waals surface area contributed by atoms with Crippen molar-refractivity contribution in [3.8, 4) is 5.69 Å². The van der Waals surface area contributed by atoms with Crippen LogP contribution in [0.5, 0.6) is 0 Å². The first-order valence-electron chi connectivity index (χ1n) is 6.94. The summed E-state index contributed by atoms with van der Waals surface area (Å²) in [4.78, 5) is 22.6. The number of nitro groups is 1. The fourth-order valence-corrected chi connectivity index (χ4v) is 2.23. The van der Waals surface area contributed by atoms with E-state index in [0.29, 0.717) is 11.3 Å². The quantitative estimate of drug-likeness (QED) is 0.580. The lowest BCUT2D eigenvalue weighted by Gasteiger charge is -2.08. The lowest BCUT2D eigenvalue weighted by atomic mass is 10.1. The smallest absolute Gasteiger partial charge is 0.271 e. The molecule has 0 spiro atoms. The van der Waals surface area contributed by atoms with E-state index >= 15 is 0 Å². The molecule has 1 aromatic heterocycles. The number of benzene rings is 2. The van der Waals surface area contributed by atoms with Gasteiger partial charge >= 0.3 is 0 Å². The van der Waals surface area contributed by atoms with E-state index in [9.17, 15) is 14.9 Å². The van der Waals surface area contributed by atoms with Gasteiger partial charge in [-0.2, -0.15) is 0 Å². The first kappa shape index (κ1) is 15.3. The standard InChI is InChI=1S/C15H12N6O3/c1-10-7-11(5-6-14(10)20-9-16-18-19-20)15(22)17-12-3-2-4-13(8-12)21(23)24/h2-9H,1H3,(H,17,22). The average molecular weight is 324 g/mol. The minimum atomic E-state index is -0.513. The van der Waals surface area contributed by atoms with Crippen molar-refractivity contribution >= 4 is 17.3 Å². The molecule has 0 aliphatic carbocycles. The van der Waals surface area contributed by atoms with Crippen molar-refractivity contribution in [2.45, 2.75) is 6.92 Å². The molecule has 0 saturated heterocycles. The number of nitro benzene ring substituents is 1.